The van der Waals surface area contributed by atoms with E-state index in [0.29, 0.717) is 18.7 Å². The highest BCUT2D eigenvalue weighted by Gasteiger charge is 2.28. The van der Waals surface area contributed by atoms with E-state index in [1.807, 2.05) is 36.1 Å². The molecule has 1 fully saturated rings. The topological polar surface area (TPSA) is 32.8 Å². The lowest BCUT2D eigenvalue weighted by Crippen LogP contribution is -2.49. The van der Waals surface area contributed by atoms with Crippen molar-refractivity contribution in [2.24, 2.45) is 0 Å². The summed E-state index contributed by atoms with van der Waals surface area (Å²) in [6, 6.07) is 29.0. The van der Waals surface area contributed by atoms with Gasteiger partial charge in [0.05, 0.1) is 12.1 Å². The highest BCUT2D eigenvalue weighted by atomic mass is 16.5. The van der Waals surface area contributed by atoms with Gasteiger partial charge in [0, 0.05) is 31.7 Å². The van der Waals surface area contributed by atoms with Gasteiger partial charge in [0.15, 0.2) is 0 Å². The van der Waals surface area contributed by atoms with E-state index in [4.69, 9.17) is 4.74 Å². The molecule has 1 heterocycles. The van der Waals surface area contributed by atoms with Crippen LogP contribution in [0.4, 0.5) is 0 Å². The van der Waals surface area contributed by atoms with E-state index in [0.717, 1.165) is 25.3 Å². The van der Waals surface area contributed by atoms with Crippen molar-refractivity contribution in [1.82, 2.24) is 9.80 Å². The fraction of sp³-hybridized carbons (Fsp3) is 0.321. The number of carbonyl (C=O) groups is 1. The maximum atomic E-state index is 13.2. The van der Waals surface area contributed by atoms with Gasteiger partial charge in [0.1, 0.15) is 5.75 Å². The molecule has 4 nitrogen and oxygen atoms in total. The first kappa shape index (κ1) is 22.1. The number of carbonyl (C=O) groups excluding carboxylic acids is 1. The molecule has 3 aromatic carbocycles. The smallest absolute Gasteiger partial charge is 0.254 e. The summed E-state index contributed by atoms with van der Waals surface area (Å²) in [5.74, 6) is 0.840. The largest absolute Gasteiger partial charge is 0.491 e. The van der Waals surface area contributed by atoms with Crippen LogP contribution in [0.5, 0.6) is 5.75 Å². The molecule has 32 heavy (non-hydrogen) atoms. The predicted octanol–water partition coefficient (Wildman–Crippen LogP) is 5.41. The van der Waals surface area contributed by atoms with Crippen LogP contribution in [0.15, 0.2) is 84.9 Å². The average Bonchev–Trinajstić information content (AvgIpc) is 2.85. The quantitative estimate of drug-likeness (QED) is 0.504. The number of amides is 1. The molecule has 1 aliphatic rings. The molecule has 0 aromatic heterocycles. The number of piperazine rings is 1. The number of nitrogens with zero attached hydrogens (tertiary/aromatic N) is 2. The molecule has 0 aliphatic carbocycles. The molecule has 1 aliphatic heterocycles. The van der Waals surface area contributed by atoms with E-state index in [9.17, 15) is 4.79 Å². The van der Waals surface area contributed by atoms with E-state index in [-0.39, 0.29) is 18.1 Å². The van der Waals surface area contributed by atoms with Crippen LogP contribution < -0.4 is 4.74 Å². The van der Waals surface area contributed by atoms with E-state index < -0.39 is 0 Å². The number of ether oxygens (including phenoxy) is 1. The van der Waals surface area contributed by atoms with E-state index in [1.54, 1.807) is 0 Å². The van der Waals surface area contributed by atoms with Crippen molar-refractivity contribution in [3.05, 3.63) is 102 Å². The third kappa shape index (κ3) is 5.20. The molecule has 166 valence electrons. The molecule has 0 spiro atoms. The van der Waals surface area contributed by atoms with Crippen LogP contribution in [0.3, 0.4) is 0 Å². The Hall–Kier alpha value is -3.11. The molecule has 0 bridgehead atoms. The van der Waals surface area contributed by atoms with Gasteiger partial charge in [-0.05, 0) is 42.7 Å². The maximum absolute atomic E-state index is 13.2. The summed E-state index contributed by atoms with van der Waals surface area (Å²) in [7, 11) is 0. The van der Waals surface area contributed by atoms with Gasteiger partial charge in [-0.1, -0.05) is 73.7 Å². The first-order valence-electron chi connectivity index (χ1n) is 11.6. The Labute approximate surface area is 191 Å². The minimum Gasteiger partial charge on any atom is -0.491 e. The van der Waals surface area contributed by atoms with Crippen LogP contribution in [-0.4, -0.2) is 48.0 Å². The van der Waals surface area contributed by atoms with Gasteiger partial charge < -0.3 is 9.64 Å². The summed E-state index contributed by atoms with van der Waals surface area (Å²) in [4.78, 5) is 17.6. The first-order chi connectivity index (χ1) is 15.7. The monoisotopic (exact) mass is 428 g/mol. The summed E-state index contributed by atoms with van der Waals surface area (Å²) in [5, 5.41) is 0. The highest BCUT2D eigenvalue weighted by Crippen LogP contribution is 2.29. The first-order valence-corrected chi connectivity index (χ1v) is 11.6. The van der Waals surface area contributed by atoms with Crippen molar-refractivity contribution in [1.29, 1.82) is 0 Å². The van der Waals surface area contributed by atoms with Crippen molar-refractivity contribution in [3.8, 4) is 5.75 Å². The summed E-state index contributed by atoms with van der Waals surface area (Å²) in [6.45, 7) is 7.24. The van der Waals surface area contributed by atoms with Crippen molar-refractivity contribution in [2.45, 2.75) is 32.4 Å². The van der Waals surface area contributed by atoms with E-state index in [2.05, 4.69) is 72.5 Å². The zero-order valence-corrected chi connectivity index (χ0v) is 19.0. The normalized spacial score (nSPS) is 15.5. The minimum atomic E-state index is 0.0789. The maximum Gasteiger partial charge on any atom is 0.254 e. The lowest BCUT2D eigenvalue weighted by Gasteiger charge is -2.39. The summed E-state index contributed by atoms with van der Waals surface area (Å²) in [6.07, 6.45) is 1.07. The third-order valence-corrected chi connectivity index (χ3v) is 6.19. The average molecular weight is 429 g/mol. The highest BCUT2D eigenvalue weighted by molar-refractivity contribution is 5.94. The summed E-state index contributed by atoms with van der Waals surface area (Å²) < 4.78 is 5.91. The summed E-state index contributed by atoms with van der Waals surface area (Å²) in [5.41, 5.74) is 3.27. The molecule has 1 unspecified atom stereocenters. The molecule has 0 radical (unpaired) electrons. The fourth-order valence-corrected chi connectivity index (χ4v) is 4.27. The second-order valence-corrected chi connectivity index (χ2v) is 8.42. The Bertz CT molecular complexity index is 959. The van der Waals surface area contributed by atoms with Crippen LogP contribution in [0.2, 0.25) is 0 Å². The van der Waals surface area contributed by atoms with Crippen LogP contribution >= 0.6 is 0 Å². The predicted molar refractivity (Wildman–Crippen MR) is 129 cm³/mol. The Balaban J connectivity index is 1.46. The molecule has 0 saturated carbocycles. The summed E-state index contributed by atoms with van der Waals surface area (Å²) >= 11 is 0. The number of hydrogen-bond acceptors (Lipinski definition) is 3. The molecule has 1 atom stereocenters. The van der Waals surface area contributed by atoms with Gasteiger partial charge in [-0.15, -0.1) is 0 Å². The molecular formula is C28H32N2O2. The molecule has 1 amide bonds. The Morgan fingerprint density at radius 3 is 2.00 bits per heavy atom. The number of benzene rings is 3. The van der Waals surface area contributed by atoms with Gasteiger partial charge >= 0.3 is 0 Å². The molecule has 1 saturated heterocycles. The standard InChI is InChI=1S/C28H32N2O2/c1-3-22(2)32-26-16-10-15-25(21-26)28(31)30-19-17-29(18-20-30)27(23-11-6-4-7-12-23)24-13-8-5-9-14-24/h4-16,21-22,27H,3,17-20H2,1-2H3. The molecule has 3 aromatic rings. The van der Waals surface area contributed by atoms with Crippen molar-refractivity contribution in [3.63, 3.8) is 0 Å². The van der Waals surface area contributed by atoms with Gasteiger partial charge in [0.2, 0.25) is 0 Å². The van der Waals surface area contributed by atoms with Crippen LogP contribution in [0.25, 0.3) is 0 Å². The third-order valence-electron chi connectivity index (χ3n) is 6.19. The minimum absolute atomic E-state index is 0.0789. The molecular weight excluding hydrogens is 396 g/mol. The Kier molecular flexibility index (Phi) is 7.23. The second kappa shape index (κ2) is 10.5. The van der Waals surface area contributed by atoms with Gasteiger partial charge in [0.25, 0.3) is 5.91 Å². The fourth-order valence-electron chi connectivity index (χ4n) is 4.27. The van der Waals surface area contributed by atoms with E-state index >= 15 is 0 Å². The zero-order chi connectivity index (χ0) is 22.3. The van der Waals surface area contributed by atoms with Gasteiger partial charge in [-0.2, -0.15) is 0 Å². The van der Waals surface area contributed by atoms with Crippen LogP contribution in [0.1, 0.15) is 47.8 Å². The molecule has 0 N–H and O–H groups in total. The van der Waals surface area contributed by atoms with Gasteiger partial charge in [-0.3, -0.25) is 9.69 Å². The SMILES string of the molecule is CCC(C)Oc1cccc(C(=O)N2CCN(C(c3ccccc3)c3ccccc3)CC2)c1. The van der Waals surface area contributed by atoms with Crippen molar-refractivity contribution < 1.29 is 9.53 Å². The van der Waals surface area contributed by atoms with Crippen molar-refractivity contribution in [2.75, 3.05) is 26.2 Å². The second-order valence-electron chi connectivity index (χ2n) is 8.42. The van der Waals surface area contributed by atoms with Crippen LogP contribution in [-0.2, 0) is 0 Å². The molecule has 4 heteroatoms. The Morgan fingerprint density at radius 2 is 1.44 bits per heavy atom. The lowest BCUT2D eigenvalue weighted by atomic mass is 9.96. The van der Waals surface area contributed by atoms with Crippen molar-refractivity contribution >= 4 is 5.91 Å². The number of rotatable bonds is 7. The van der Waals surface area contributed by atoms with Gasteiger partial charge in [-0.25, -0.2) is 0 Å². The zero-order valence-electron chi connectivity index (χ0n) is 19.0. The Morgan fingerprint density at radius 1 is 0.844 bits per heavy atom. The number of hydrogen-bond donors (Lipinski definition) is 0. The molecule has 4 rings (SSSR count). The van der Waals surface area contributed by atoms with E-state index in [1.165, 1.54) is 11.1 Å². The van der Waals surface area contributed by atoms with Crippen LogP contribution in [0, 0.1) is 0 Å². The lowest BCUT2D eigenvalue weighted by molar-refractivity contribution is 0.0596.